The Hall–Kier alpha value is -4.83. The summed E-state index contributed by atoms with van der Waals surface area (Å²) in [6.45, 7) is 5.33. The summed E-state index contributed by atoms with van der Waals surface area (Å²) in [6, 6.07) is 18.0. The highest BCUT2D eigenvalue weighted by Gasteiger charge is 2.33. The fourth-order valence-corrected chi connectivity index (χ4v) is 5.32. The number of rotatable bonds is 7. The first-order valence-electron chi connectivity index (χ1n) is 11.6. The van der Waals surface area contributed by atoms with Gasteiger partial charge >= 0.3 is 5.97 Å². The summed E-state index contributed by atoms with van der Waals surface area (Å²) in [5, 5.41) is 11.4. The number of nitro groups is 1. The number of hydrogen-bond donors (Lipinski definition) is 0. The maximum atomic E-state index is 13.7. The van der Waals surface area contributed by atoms with E-state index in [-0.39, 0.29) is 23.4 Å². The summed E-state index contributed by atoms with van der Waals surface area (Å²) in [5.41, 5.74) is 1.36. The number of esters is 1. The highest BCUT2D eigenvalue weighted by Crippen LogP contribution is 2.32. The van der Waals surface area contributed by atoms with Crippen molar-refractivity contribution in [2.75, 3.05) is 6.61 Å². The molecule has 2 aromatic carbocycles. The molecule has 4 aromatic rings. The second kappa shape index (κ2) is 10.3. The van der Waals surface area contributed by atoms with E-state index in [1.807, 2.05) is 30.3 Å². The quantitative estimate of drug-likeness (QED) is 0.154. The van der Waals surface area contributed by atoms with Gasteiger partial charge in [-0.2, -0.15) is 0 Å². The van der Waals surface area contributed by atoms with Crippen molar-refractivity contribution >= 4 is 29.1 Å². The molecule has 190 valence electrons. The number of aromatic nitrogens is 1. The lowest BCUT2D eigenvalue weighted by molar-refractivity contribution is -0.384. The number of carbonyl (C=O) groups excluding carboxylic acids is 1. The van der Waals surface area contributed by atoms with Gasteiger partial charge in [-0.3, -0.25) is 19.5 Å². The van der Waals surface area contributed by atoms with E-state index in [0.717, 1.165) is 16.9 Å². The van der Waals surface area contributed by atoms with Crippen molar-refractivity contribution in [2.45, 2.75) is 13.0 Å². The van der Waals surface area contributed by atoms with Gasteiger partial charge in [0.05, 0.1) is 32.3 Å². The van der Waals surface area contributed by atoms with Crippen molar-refractivity contribution in [3.8, 4) is 11.3 Å². The summed E-state index contributed by atoms with van der Waals surface area (Å²) in [5.74, 6) is 0.0806. The molecule has 9 nitrogen and oxygen atoms in total. The molecule has 0 saturated carbocycles. The van der Waals surface area contributed by atoms with E-state index in [1.165, 1.54) is 16.7 Å². The molecule has 0 N–H and O–H groups in total. The molecule has 2 aromatic heterocycles. The van der Waals surface area contributed by atoms with Crippen LogP contribution in [0.5, 0.6) is 0 Å². The predicted octanol–water partition coefficient (Wildman–Crippen LogP) is 4.13. The molecule has 1 aliphatic rings. The lowest BCUT2D eigenvalue weighted by Crippen LogP contribution is -2.39. The second-order valence-electron chi connectivity index (χ2n) is 8.36. The van der Waals surface area contributed by atoms with Crippen LogP contribution in [0, 0.1) is 10.1 Å². The van der Waals surface area contributed by atoms with Crippen LogP contribution in [0.15, 0.2) is 105 Å². The summed E-state index contributed by atoms with van der Waals surface area (Å²) < 4.78 is 13.0. The molecule has 0 radical (unpaired) electrons. The molecule has 5 rings (SSSR count). The van der Waals surface area contributed by atoms with Gasteiger partial charge < -0.3 is 9.15 Å². The first-order valence-corrected chi connectivity index (χ1v) is 12.4. The zero-order valence-corrected chi connectivity index (χ0v) is 21.0. The smallest absolute Gasteiger partial charge is 0.338 e. The summed E-state index contributed by atoms with van der Waals surface area (Å²) in [4.78, 5) is 42.6. The Bertz CT molecular complexity index is 1780. The van der Waals surface area contributed by atoms with E-state index in [4.69, 9.17) is 9.15 Å². The number of furan rings is 1. The number of hydrogen-bond acceptors (Lipinski definition) is 8. The van der Waals surface area contributed by atoms with Crippen molar-refractivity contribution in [3.63, 3.8) is 0 Å². The van der Waals surface area contributed by atoms with E-state index in [0.29, 0.717) is 32.1 Å². The molecule has 0 fully saturated rings. The molecule has 0 amide bonds. The largest absolute Gasteiger partial charge is 0.458 e. The number of allylic oxidation sites excluding steroid dienone is 1. The Kier molecular flexibility index (Phi) is 6.71. The van der Waals surface area contributed by atoms with Gasteiger partial charge in [0.1, 0.15) is 18.1 Å². The number of ether oxygens (including phenoxy) is 1. The summed E-state index contributed by atoms with van der Waals surface area (Å²) in [7, 11) is 0. The van der Waals surface area contributed by atoms with E-state index in [2.05, 4.69) is 11.6 Å². The summed E-state index contributed by atoms with van der Waals surface area (Å²) >= 11 is 1.16. The molecule has 38 heavy (non-hydrogen) atoms. The van der Waals surface area contributed by atoms with Crippen LogP contribution in [-0.4, -0.2) is 22.1 Å². The van der Waals surface area contributed by atoms with E-state index in [9.17, 15) is 19.7 Å². The van der Waals surface area contributed by atoms with Crippen molar-refractivity contribution in [1.29, 1.82) is 0 Å². The lowest BCUT2D eigenvalue weighted by Gasteiger charge is -2.24. The van der Waals surface area contributed by atoms with Crippen LogP contribution in [-0.2, 0) is 9.53 Å². The Morgan fingerprint density at radius 1 is 1.18 bits per heavy atom. The first kappa shape index (κ1) is 24.8. The van der Waals surface area contributed by atoms with Crippen molar-refractivity contribution < 1.29 is 18.9 Å². The zero-order chi connectivity index (χ0) is 26.8. The van der Waals surface area contributed by atoms with Crippen molar-refractivity contribution in [2.24, 2.45) is 4.99 Å². The Balaban J connectivity index is 1.62. The van der Waals surface area contributed by atoms with Crippen LogP contribution in [0.2, 0.25) is 0 Å². The minimum atomic E-state index is -0.731. The van der Waals surface area contributed by atoms with Gasteiger partial charge in [0, 0.05) is 12.1 Å². The Morgan fingerprint density at radius 3 is 2.66 bits per heavy atom. The maximum Gasteiger partial charge on any atom is 0.338 e. The molecule has 3 heterocycles. The maximum absolute atomic E-state index is 13.7. The number of para-hydroxylation sites is 1. The number of carbonyl (C=O) groups is 1. The number of benzene rings is 2. The van der Waals surface area contributed by atoms with Gasteiger partial charge in [0.25, 0.3) is 11.2 Å². The SMILES string of the molecule is C=CCOC(=O)C1=C(C)N=c2s/c(=C\c3ccc(-c4ccccc4[N+](=O)[O-])o3)c(=O)n2[C@@H]1c1ccccc1. The van der Waals surface area contributed by atoms with Crippen LogP contribution in [0.3, 0.4) is 0 Å². The van der Waals surface area contributed by atoms with Gasteiger partial charge in [-0.1, -0.05) is 66.5 Å². The molecule has 0 unspecified atom stereocenters. The molecule has 0 bridgehead atoms. The third kappa shape index (κ3) is 4.53. The van der Waals surface area contributed by atoms with E-state index >= 15 is 0 Å². The normalized spacial score (nSPS) is 15.1. The molecule has 1 aliphatic heterocycles. The predicted molar refractivity (Wildman–Crippen MR) is 142 cm³/mol. The van der Waals surface area contributed by atoms with Crippen LogP contribution >= 0.6 is 11.3 Å². The second-order valence-corrected chi connectivity index (χ2v) is 9.36. The van der Waals surface area contributed by atoms with E-state index < -0.39 is 16.9 Å². The fraction of sp³-hybridized carbons (Fsp3) is 0.107. The third-order valence-electron chi connectivity index (χ3n) is 5.96. The average Bonchev–Trinajstić information content (AvgIpc) is 3.51. The monoisotopic (exact) mass is 527 g/mol. The molecule has 1 atom stereocenters. The molecule has 0 saturated heterocycles. The number of nitro benzene ring substituents is 1. The molecular weight excluding hydrogens is 506 g/mol. The number of nitrogens with zero attached hydrogens (tertiary/aromatic N) is 3. The summed E-state index contributed by atoms with van der Waals surface area (Å²) in [6.07, 6.45) is 3.04. The van der Waals surface area contributed by atoms with Crippen LogP contribution in [0.4, 0.5) is 5.69 Å². The van der Waals surface area contributed by atoms with Crippen LogP contribution in [0.1, 0.15) is 24.3 Å². The molecule has 10 heteroatoms. The first-order chi connectivity index (χ1) is 18.4. The van der Waals surface area contributed by atoms with Gasteiger partial charge in [-0.25, -0.2) is 9.79 Å². The number of thiazole rings is 1. The third-order valence-corrected chi connectivity index (χ3v) is 6.94. The van der Waals surface area contributed by atoms with Crippen LogP contribution in [0.25, 0.3) is 17.4 Å². The molecule has 0 aliphatic carbocycles. The Morgan fingerprint density at radius 2 is 1.92 bits per heavy atom. The average molecular weight is 528 g/mol. The minimum Gasteiger partial charge on any atom is -0.458 e. The van der Waals surface area contributed by atoms with E-state index in [1.54, 1.807) is 43.3 Å². The van der Waals surface area contributed by atoms with Gasteiger partial charge in [0.2, 0.25) is 0 Å². The topological polar surface area (TPSA) is 117 Å². The highest BCUT2D eigenvalue weighted by molar-refractivity contribution is 7.07. The van der Waals surface area contributed by atoms with Gasteiger partial charge in [-0.05, 0) is 30.7 Å². The van der Waals surface area contributed by atoms with Crippen LogP contribution < -0.4 is 14.9 Å². The lowest BCUT2D eigenvalue weighted by atomic mass is 9.96. The van der Waals surface area contributed by atoms with Crippen molar-refractivity contribution in [3.05, 3.63) is 132 Å². The number of fused-ring (bicyclic) bond motifs is 1. The standard InChI is InChI=1S/C28H21N3O6S/c1-3-15-36-27(33)24-17(2)29-28-30(25(24)18-9-5-4-6-10-18)26(32)23(38-28)16-19-13-14-22(37-19)20-11-7-8-12-21(20)31(34)35/h3-14,16,25H,1,15H2,2H3/b23-16-/t25-/m1/s1. The van der Waals surface area contributed by atoms with Gasteiger partial charge in [0.15, 0.2) is 4.80 Å². The molecular formula is C28H21N3O6S. The van der Waals surface area contributed by atoms with Gasteiger partial charge in [-0.15, -0.1) is 0 Å². The molecule has 0 spiro atoms. The zero-order valence-electron chi connectivity index (χ0n) is 20.2. The highest BCUT2D eigenvalue weighted by atomic mass is 32.1. The van der Waals surface area contributed by atoms with Crippen molar-refractivity contribution in [1.82, 2.24) is 4.57 Å². The Labute approximate surface area is 220 Å². The minimum absolute atomic E-state index is 0.0297. The fourth-order valence-electron chi connectivity index (χ4n) is 4.29.